The zero-order chi connectivity index (χ0) is 11.6. The van der Waals surface area contributed by atoms with Gasteiger partial charge >= 0.3 is 6.18 Å². The van der Waals surface area contributed by atoms with Gasteiger partial charge < -0.3 is 11.5 Å². The molecular formula is C10H11F3N2. The van der Waals surface area contributed by atoms with Crippen molar-refractivity contribution in [2.45, 2.75) is 12.2 Å². The van der Waals surface area contributed by atoms with Gasteiger partial charge in [-0.05, 0) is 23.8 Å². The van der Waals surface area contributed by atoms with Gasteiger partial charge in [0.25, 0.3) is 0 Å². The Morgan fingerprint density at radius 1 is 1.27 bits per heavy atom. The van der Waals surface area contributed by atoms with Gasteiger partial charge in [0.15, 0.2) is 0 Å². The second kappa shape index (κ2) is 3.94. The first-order valence-corrected chi connectivity index (χ1v) is 4.20. The molecule has 15 heavy (non-hydrogen) atoms. The lowest BCUT2D eigenvalue weighted by molar-refractivity contribution is -0.137. The van der Waals surface area contributed by atoms with Gasteiger partial charge in [0.2, 0.25) is 0 Å². The quantitative estimate of drug-likeness (QED) is 0.589. The van der Waals surface area contributed by atoms with E-state index in [1.54, 1.807) is 0 Å². The molecule has 0 saturated heterocycles. The zero-order valence-corrected chi connectivity index (χ0v) is 7.88. The van der Waals surface area contributed by atoms with E-state index in [0.717, 1.165) is 12.1 Å². The molecule has 5 heteroatoms. The smallest absolute Gasteiger partial charge is 0.399 e. The maximum absolute atomic E-state index is 12.4. The molecule has 1 unspecified atom stereocenters. The van der Waals surface area contributed by atoms with Crippen molar-refractivity contribution in [2.75, 3.05) is 5.73 Å². The minimum atomic E-state index is -4.41. The van der Waals surface area contributed by atoms with Crippen LogP contribution in [0.5, 0.6) is 0 Å². The summed E-state index contributed by atoms with van der Waals surface area (Å²) >= 11 is 0. The molecule has 4 N–H and O–H groups in total. The van der Waals surface area contributed by atoms with Crippen LogP contribution < -0.4 is 11.5 Å². The lowest BCUT2D eigenvalue weighted by Crippen LogP contribution is -2.11. The fraction of sp³-hybridized carbons (Fsp3) is 0.200. The van der Waals surface area contributed by atoms with Crippen LogP contribution in [-0.2, 0) is 6.18 Å². The van der Waals surface area contributed by atoms with Gasteiger partial charge in [-0.15, -0.1) is 6.58 Å². The molecule has 82 valence electrons. The maximum Gasteiger partial charge on any atom is 0.416 e. The average molecular weight is 216 g/mol. The number of benzene rings is 1. The fourth-order valence-corrected chi connectivity index (χ4v) is 1.17. The summed E-state index contributed by atoms with van der Waals surface area (Å²) in [5.74, 6) is 0. The Bertz CT molecular complexity index is 371. The molecule has 2 nitrogen and oxygen atoms in total. The first-order valence-electron chi connectivity index (χ1n) is 4.20. The third kappa shape index (κ3) is 2.73. The van der Waals surface area contributed by atoms with E-state index in [1.807, 2.05) is 0 Å². The minimum Gasteiger partial charge on any atom is -0.399 e. The van der Waals surface area contributed by atoms with Gasteiger partial charge in [-0.25, -0.2) is 0 Å². The molecule has 0 saturated carbocycles. The summed E-state index contributed by atoms with van der Waals surface area (Å²) in [6.45, 7) is 3.41. The summed E-state index contributed by atoms with van der Waals surface area (Å²) in [6.07, 6.45) is -3.06. The summed E-state index contributed by atoms with van der Waals surface area (Å²) in [5.41, 5.74) is 10.4. The van der Waals surface area contributed by atoms with Crippen molar-refractivity contribution in [3.8, 4) is 0 Å². The summed E-state index contributed by atoms with van der Waals surface area (Å²) in [4.78, 5) is 0. The molecule has 0 aromatic heterocycles. The van der Waals surface area contributed by atoms with Crippen molar-refractivity contribution in [1.29, 1.82) is 0 Å². The highest BCUT2D eigenvalue weighted by Gasteiger charge is 2.31. The SMILES string of the molecule is C=CC(N)c1cc(N)cc(C(F)(F)F)c1. The van der Waals surface area contributed by atoms with E-state index in [2.05, 4.69) is 6.58 Å². The van der Waals surface area contributed by atoms with E-state index in [9.17, 15) is 13.2 Å². The minimum absolute atomic E-state index is 0.0390. The Hall–Kier alpha value is -1.49. The average Bonchev–Trinajstić information content (AvgIpc) is 2.14. The molecule has 0 aliphatic rings. The Morgan fingerprint density at radius 2 is 1.87 bits per heavy atom. The van der Waals surface area contributed by atoms with E-state index in [-0.39, 0.29) is 5.69 Å². The third-order valence-corrected chi connectivity index (χ3v) is 1.94. The zero-order valence-electron chi connectivity index (χ0n) is 7.88. The first kappa shape index (κ1) is 11.6. The topological polar surface area (TPSA) is 52.0 Å². The largest absolute Gasteiger partial charge is 0.416 e. The van der Waals surface area contributed by atoms with E-state index in [0.29, 0.717) is 5.56 Å². The number of hydrogen-bond donors (Lipinski definition) is 2. The Balaban J connectivity index is 3.22. The third-order valence-electron chi connectivity index (χ3n) is 1.94. The van der Waals surface area contributed by atoms with E-state index >= 15 is 0 Å². The summed E-state index contributed by atoms with van der Waals surface area (Å²) in [5, 5.41) is 0. The molecule has 1 atom stereocenters. The van der Waals surface area contributed by atoms with Gasteiger partial charge in [-0.3, -0.25) is 0 Å². The van der Waals surface area contributed by atoms with E-state index in [4.69, 9.17) is 11.5 Å². The van der Waals surface area contributed by atoms with E-state index < -0.39 is 17.8 Å². The highest BCUT2D eigenvalue weighted by Crippen LogP contribution is 2.32. The van der Waals surface area contributed by atoms with Gasteiger partial charge in [0.05, 0.1) is 5.56 Å². The van der Waals surface area contributed by atoms with Crippen molar-refractivity contribution in [3.05, 3.63) is 42.0 Å². The summed E-state index contributed by atoms with van der Waals surface area (Å²) in [7, 11) is 0. The number of alkyl halides is 3. The molecule has 0 spiro atoms. The number of rotatable bonds is 2. The van der Waals surface area contributed by atoms with Crippen LogP contribution in [0, 0.1) is 0 Å². The summed E-state index contributed by atoms with van der Waals surface area (Å²) < 4.78 is 37.2. The number of nitrogen functional groups attached to an aromatic ring is 1. The van der Waals surface area contributed by atoms with Gasteiger partial charge in [-0.2, -0.15) is 13.2 Å². The molecule has 0 bridgehead atoms. The van der Waals surface area contributed by atoms with Crippen LogP contribution in [0.1, 0.15) is 17.2 Å². The lowest BCUT2D eigenvalue weighted by atomic mass is 10.0. The second-order valence-corrected chi connectivity index (χ2v) is 3.15. The van der Waals surface area contributed by atoms with Crippen molar-refractivity contribution in [3.63, 3.8) is 0 Å². The standard InChI is InChI=1S/C10H11F3N2/c1-2-9(15)6-3-7(10(11,12)13)5-8(14)4-6/h2-5,9H,1,14-15H2. The van der Waals surface area contributed by atoms with Crippen LogP contribution in [0.25, 0.3) is 0 Å². The van der Waals surface area contributed by atoms with Gasteiger partial charge in [0.1, 0.15) is 0 Å². The van der Waals surface area contributed by atoms with Crippen LogP contribution in [0.2, 0.25) is 0 Å². The van der Waals surface area contributed by atoms with Crippen LogP contribution in [0.3, 0.4) is 0 Å². The highest BCUT2D eigenvalue weighted by molar-refractivity contribution is 5.47. The molecule has 1 aromatic rings. The normalized spacial score (nSPS) is 13.6. The number of nitrogens with two attached hydrogens (primary N) is 2. The molecule has 1 rings (SSSR count). The van der Waals surface area contributed by atoms with Crippen molar-refractivity contribution in [1.82, 2.24) is 0 Å². The van der Waals surface area contributed by atoms with Crippen LogP contribution in [0.4, 0.5) is 18.9 Å². The predicted octanol–water partition coefficient (Wildman–Crippen LogP) is 2.47. The number of halogens is 3. The molecule has 0 aliphatic carbocycles. The molecule has 0 fully saturated rings. The van der Waals surface area contributed by atoms with Crippen LogP contribution >= 0.6 is 0 Å². The predicted molar refractivity (Wildman–Crippen MR) is 53.0 cm³/mol. The van der Waals surface area contributed by atoms with Crippen molar-refractivity contribution >= 4 is 5.69 Å². The number of hydrogen-bond acceptors (Lipinski definition) is 2. The van der Waals surface area contributed by atoms with Crippen molar-refractivity contribution in [2.24, 2.45) is 5.73 Å². The Morgan fingerprint density at radius 3 is 2.33 bits per heavy atom. The maximum atomic E-state index is 12.4. The molecule has 0 radical (unpaired) electrons. The number of anilines is 1. The second-order valence-electron chi connectivity index (χ2n) is 3.15. The lowest BCUT2D eigenvalue weighted by Gasteiger charge is -2.12. The molecular weight excluding hydrogens is 205 g/mol. The van der Waals surface area contributed by atoms with Crippen LogP contribution in [0.15, 0.2) is 30.9 Å². The van der Waals surface area contributed by atoms with Gasteiger partial charge in [0, 0.05) is 11.7 Å². The Labute approximate surface area is 85.4 Å². The molecule has 0 heterocycles. The van der Waals surface area contributed by atoms with Crippen molar-refractivity contribution < 1.29 is 13.2 Å². The fourth-order valence-electron chi connectivity index (χ4n) is 1.17. The molecule has 0 aliphatic heterocycles. The Kier molecular flexibility index (Phi) is 3.04. The first-order chi connectivity index (χ1) is 6.84. The molecule has 0 amide bonds. The monoisotopic (exact) mass is 216 g/mol. The van der Waals surface area contributed by atoms with E-state index in [1.165, 1.54) is 12.1 Å². The molecule has 1 aromatic carbocycles. The highest BCUT2D eigenvalue weighted by atomic mass is 19.4. The summed E-state index contributed by atoms with van der Waals surface area (Å²) in [6, 6.07) is 2.61. The van der Waals surface area contributed by atoms with Gasteiger partial charge in [-0.1, -0.05) is 6.08 Å². The van der Waals surface area contributed by atoms with Crippen LogP contribution in [-0.4, -0.2) is 0 Å².